The molecule has 0 saturated carbocycles. The van der Waals surface area contributed by atoms with Gasteiger partial charge in [0.1, 0.15) is 46.4 Å². The van der Waals surface area contributed by atoms with E-state index in [2.05, 4.69) is 236 Å². The quantitative estimate of drug-likeness (QED) is 0.0213. The molecule has 0 aliphatic rings. The molecule has 0 aliphatic heterocycles. The molecule has 0 amide bonds. The Morgan fingerprint density at radius 1 is 0.267 bits per heavy atom. The van der Waals surface area contributed by atoms with Crippen molar-refractivity contribution >= 4 is 86.7 Å². The summed E-state index contributed by atoms with van der Waals surface area (Å²) in [6.45, 7) is 4.60. The van der Waals surface area contributed by atoms with Crippen LogP contribution in [-0.4, -0.2) is 20.7 Å². The Morgan fingerprint density at radius 2 is 0.378 bits per heavy atom. The van der Waals surface area contributed by atoms with E-state index < -0.39 is 63.0 Å². The van der Waals surface area contributed by atoms with E-state index in [1.807, 2.05) is 0 Å². The number of benzene rings is 6. The standard InChI is InChI=1S/2C34H48P.4ClH.4Mn.2H2O.10O/c2*1-2-3-4-5-6-7-8-9-10-11-12-13-14-24-31-35(32-25-18-15-19-26-32,33-27-20-16-21-28-33)34-29-22-17-23-30-34;;;;;;;;;;;;;;;;;;;;/h2*15-23,25-30H,2-14,24,31H2,1H3;4*1H;;;;;2*1H2;;;;;;;;;;/q2*+1;;;;;2*+1;2*+2;;;;;;;;;;;2*-1/p-6. The Labute approximate surface area is 565 Å². The molecule has 6 rings (SSSR count). The molecule has 0 aromatic heterocycles. The Hall–Kier alpha value is -2.34. The Bertz CT molecular complexity index is 2650. The van der Waals surface area contributed by atoms with E-state index in [-0.39, 0.29) is 0 Å². The van der Waals surface area contributed by atoms with Crippen molar-refractivity contribution in [2.45, 2.75) is 194 Å². The first-order valence-corrected chi connectivity index (χ1v) is 47.6. The van der Waals surface area contributed by atoms with Gasteiger partial charge in [0.2, 0.25) is 0 Å². The molecule has 0 atom stereocenters. The van der Waals surface area contributed by atoms with Crippen LogP contribution in [-0.2, 0) is 79.2 Å². The topological polar surface area (TPSA) is 223 Å². The van der Waals surface area contributed by atoms with Gasteiger partial charge >= 0.3 is 136 Å². The summed E-state index contributed by atoms with van der Waals surface area (Å²) in [5, 5.41) is 9.12. The van der Waals surface area contributed by atoms with Gasteiger partial charge < -0.3 is 0 Å². The average molecular weight is 1530 g/mol. The molecule has 12 nitrogen and oxygen atoms in total. The summed E-state index contributed by atoms with van der Waals surface area (Å²) in [7, 11) is 13.0. The van der Waals surface area contributed by atoms with E-state index in [1.165, 1.54) is 224 Å². The fourth-order valence-corrected chi connectivity index (χ4v) is 19.7. The van der Waals surface area contributed by atoms with Crippen LogP contribution in [0.15, 0.2) is 182 Å². The van der Waals surface area contributed by atoms with Crippen LogP contribution in [0.4, 0.5) is 0 Å². The maximum absolute atomic E-state index is 9.01. The predicted octanol–water partition coefficient (Wildman–Crippen LogP) is 17.2. The van der Waals surface area contributed by atoms with Crippen molar-refractivity contribution in [2.75, 3.05) is 12.3 Å². The van der Waals surface area contributed by atoms with Gasteiger partial charge in [-0.3, -0.25) is 0 Å². The van der Waals surface area contributed by atoms with Gasteiger partial charge in [-0.05, 0) is 98.5 Å². The van der Waals surface area contributed by atoms with Gasteiger partial charge in [-0.2, -0.15) is 0 Å². The third-order valence-electron chi connectivity index (χ3n) is 14.9. The first-order valence-electron chi connectivity index (χ1n) is 31.3. The Kier molecular flexibility index (Phi) is 48.5. The SMILES string of the molecule is CCCCCCCCCCCCCCCC[P+](c1ccccc1)(c1ccccc1)c1ccccc1.CCCCCCCCCCCCCCCC[P+](c1ccccc1)(c1ccccc1)c1ccccc1.[O]=[Mn](=[O])([O-])[Cl].[O]=[Mn](=[O])([O-])[Cl].[O]=[Mn](=[O])([OH])[Cl].[O]=[Mn](=[O])([OH])[Cl]. The molecular weight excluding hydrogens is 1430 g/mol. The van der Waals surface area contributed by atoms with Crippen LogP contribution < -0.4 is 40.2 Å². The fraction of sp³-hybridized carbons (Fsp3) is 0.471. The average Bonchev–Trinajstić information content (AvgIpc) is 0.821. The normalized spacial score (nSPS) is 11.6. The zero-order valence-electron chi connectivity index (χ0n) is 52.4. The van der Waals surface area contributed by atoms with E-state index >= 15 is 0 Å². The molecule has 2 N–H and O–H groups in total. The molecule has 22 heteroatoms. The molecule has 0 bridgehead atoms. The van der Waals surface area contributed by atoms with Gasteiger partial charge in [-0.15, -0.1) is 0 Å². The molecule has 0 radical (unpaired) electrons. The van der Waals surface area contributed by atoms with Gasteiger partial charge in [-0.1, -0.05) is 277 Å². The molecule has 0 heterocycles. The van der Waals surface area contributed by atoms with Crippen molar-refractivity contribution in [3.63, 3.8) is 0 Å². The molecule has 6 aromatic carbocycles. The summed E-state index contributed by atoms with van der Waals surface area (Å²) in [6, 6.07) is 68.1. The molecule has 0 fully saturated rings. The summed E-state index contributed by atoms with van der Waals surface area (Å²) in [5.41, 5.74) is 0. The monoisotopic (exact) mass is 1530 g/mol. The second-order valence-electron chi connectivity index (χ2n) is 21.8. The van der Waals surface area contributed by atoms with Crippen LogP contribution in [0.5, 0.6) is 0 Å². The van der Waals surface area contributed by atoms with Gasteiger partial charge in [0.05, 0.1) is 12.3 Å². The summed E-state index contributed by atoms with van der Waals surface area (Å²) in [5.74, 6) is 0. The minimum atomic E-state index is -4.90. The third kappa shape index (κ3) is 45.9. The van der Waals surface area contributed by atoms with Crippen LogP contribution in [0.3, 0.4) is 0 Å². The van der Waals surface area contributed by atoms with E-state index in [4.69, 9.17) is 47.4 Å². The summed E-state index contributed by atoms with van der Waals surface area (Å²) >= 11 is -19.1. The molecule has 0 spiro atoms. The number of hydrogen-bond donors (Lipinski definition) is 2. The van der Waals surface area contributed by atoms with Crippen LogP contribution in [0.1, 0.15) is 194 Å². The molecule has 90 heavy (non-hydrogen) atoms. The Balaban J connectivity index is 0.000000690. The Morgan fingerprint density at radius 3 is 0.500 bits per heavy atom. The minimum absolute atomic E-state index is 1.27. The van der Waals surface area contributed by atoms with Crippen molar-refractivity contribution in [1.29, 1.82) is 0 Å². The molecule has 0 saturated heterocycles. The van der Waals surface area contributed by atoms with Crippen molar-refractivity contribution in [3.05, 3.63) is 182 Å². The third-order valence-corrected chi connectivity index (χ3v) is 23.9. The van der Waals surface area contributed by atoms with E-state index in [9.17, 15) is 0 Å². The van der Waals surface area contributed by atoms with E-state index in [0.29, 0.717) is 0 Å². The van der Waals surface area contributed by atoms with Crippen molar-refractivity contribution in [3.8, 4) is 0 Å². The molecular formula is C68H98Cl4Mn4O12P2. The molecule has 6 aromatic rings. The zero-order chi connectivity index (χ0) is 66.9. The van der Waals surface area contributed by atoms with Gasteiger partial charge in [-0.25, -0.2) is 0 Å². The molecule has 508 valence electrons. The molecule has 0 aliphatic carbocycles. The maximum atomic E-state index is 9.01. The van der Waals surface area contributed by atoms with Gasteiger partial charge in [0.15, 0.2) is 0 Å². The van der Waals surface area contributed by atoms with E-state index in [1.54, 1.807) is 0 Å². The first kappa shape index (κ1) is 85.7. The van der Waals surface area contributed by atoms with Crippen LogP contribution >= 0.6 is 54.9 Å². The summed E-state index contributed by atoms with van der Waals surface area (Å²) in [6.07, 6.45) is 42.1. The molecule has 0 unspecified atom stereocenters. The number of unbranched alkanes of at least 4 members (excludes halogenated alkanes) is 26. The number of halogens is 4. The summed E-state index contributed by atoms with van der Waals surface area (Å²) in [4.78, 5) is 0. The fourth-order valence-electron chi connectivity index (χ4n) is 10.9. The van der Waals surface area contributed by atoms with Crippen molar-refractivity contribution in [2.24, 2.45) is 0 Å². The van der Waals surface area contributed by atoms with Crippen molar-refractivity contribution in [1.82, 2.24) is 0 Å². The van der Waals surface area contributed by atoms with Gasteiger partial charge in [0.25, 0.3) is 0 Å². The number of rotatable bonds is 36. The van der Waals surface area contributed by atoms with Crippen molar-refractivity contribution < 1.29 is 95.9 Å². The van der Waals surface area contributed by atoms with Crippen LogP contribution in [0.2, 0.25) is 0 Å². The van der Waals surface area contributed by atoms with Crippen LogP contribution in [0, 0.1) is 0 Å². The second-order valence-corrected chi connectivity index (χ2v) is 39.5. The van der Waals surface area contributed by atoms with Crippen LogP contribution in [0.25, 0.3) is 0 Å². The van der Waals surface area contributed by atoms with E-state index in [0.717, 1.165) is 0 Å². The summed E-state index contributed by atoms with van der Waals surface area (Å²) < 4.78 is 104. The number of hydrogen-bond acceptors (Lipinski definition) is 10. The second kappa shape index (κ2) is 51.0. The first-order chi connectivity index (χ1) is 42.8. The predicted molar refractivity (Wildman–Crippen MR) is 354 cm³/mol. The zero-order valence-corrected chi connectivity index (χ0v) is 62.0. The van der Waals surface area contributed by atoms with Gasteiger partial charge in [0, 0.05) is 0 Å².